The second kappa shape index (κ2) is 37.6. The van der Waals surface area contributed by atoms with Crippen molar-refractivity contribution in [1.82, 2.24) is 4.90 Å². The molecule has 308 valence electrons. The maximum atomic E-state index is 12.5. The summed E-state index contributed by atoms with van der Waals surface area (Å²) in [5.41, 5.74) is 0. The van der Waals surface area contributed by atoms with Gasteiger partial charge in [0.05, 0.1) is 19.5 Å². The van der Waals surface area contributed by atoms with Gasteiger partial charge in [0, 0.05) is 6.54 Å². The van der Waals surface area contributed by atoms with Crippen LogP contribution in [0, 0.1) is 0 Å². The van der Waals surface area contributed by atoms with Crippen LogP contribution in [0.3, 0.4) is 0 Å². The highest BCUT2D eigenvalue weighted by molar-refractivity contribution is 5.60. The number of hydrogen-bond donors (Lipinski definition) is 0. The summed E-state index contributed by atoms with van der Waals surface area (Å²) in [5.74, 6) is 0. The summed E-state index contributed by atoms with van der Waals surface area (Å²) in [4.78, 5) is 38.3. The fraction of sp³-hybridized carbons (Fsp3) is 0.837. The Hall–Kier alpha value is -2.75. The smallest absolute Gasteiger partial charge is 0.434 e. The molecule has 1 unspecified atom stereocenters. The molecule has 1 rings (SSSR count). The van der Waals surface area contributed by atoms with E-state index < -0.39 is 18.5 Å². The molecule has 0 saturated carbocycles. The first-order valence-electron chi connectivity index (χ1n) is 21.5. The fourth-order valence-electron chi connectivity index (χ4n) is 6.30. The average Bonchev–Trinajstić information content (AvgIpc) is 3.67. The van der Waals surface area contributed by atoms with E-state index in [1.54, 1.807) is 0 Å². The van der Waals surface area contributed by atoms with Crippen molar-refractivity contribution in [3.05, 3.63) is 24.5 Å². The van der Waals surface area contributed by atoms with Gasteiger partial charge in [-0.3, -0.25) is 4.90 Å². The molecule has 1 heterocycles. The van der Waals surface area contributed by atoms with Crippen molar-refractivity contribution in [2.24, 2.45) is 0 Å². The van der Waals surface area contributed by atoms with E-state index in [-0.39, 0.29) is 12.7 Å². The van der Waals surface area contributed by atoms with Gasteiger partial charge < -0.3 is 28.4 Å². The first-order valence-corrected chi connectivity index (χ1v) is 21.5. The zero-order valence-corrected chi connectivity index (χ0v) is 33.8. The summed E-state index contributed by atoms with van der Waals surface area (Å²) in [6.07, 6.45) is 33.2. The third kappa shape index (κ3) is 33.5. The summed E-state index contributed by atoms with van der Waals surface area (Å²) in [6, 6.07) is 0. The Labute approximate surface area is 323 Å². The van der Waals surface area contributed by atoms with E-state index in [0.717, 1.165) is 129 Å². The van der Waals surface area contributed by atoms with Crippen LogP contribution in [0.1, 0.15) is 181 Å². The lowest BCUT2D eigenvalue weighted by molar-refractivity contribution is 0.0129. The van der Waals surface area contributed by atoms with Crippen LogP contribution < -0.4 is 0 Å². The van der Waals surface area contributed by atoms with Crippen LogP contribution in [0.2, 0.25) is 0 Å². The Morgan fingerprint density at radius 2 is 1.04 bits per heavy atom. The topological polar surface area (TPSA) is 110 Å². The molecule has 53 heavy (non-hydrogen) atoms. The number of nitrogens with zero attached hydrogens (tertiary/aromatic N) is 1. The summed E-state index contributed by atoms with van der Waals surface area (Å²) in [6.45, 7) is 8.71. The lowest BCUT2D eigenvalue weighted by atomic mass is 10.0. The monoisotopic (exact) mass is 752 g/mol. The first kappa shape index (κ1) is 48.3. The number of rotatable bonds is 35. The number of carbonyl (C=O) groups excluding carboxylic acids is 3. The lowest BCUT2D eigenvalue weighted by Crippen LogP contribution is -2.26. The van der Waals surface area contributed by atoms with Crippen molar-refractivity contribution < 1.29 is 42.8 Å². The van der Waals surface area contributed by atoms with Gasteiger partial charge in [0.25, 0.3) is 0 Å². The molecule has 0 aromatic rings. The Balaban J connectivity index is 2.15. The predicted octanol–water partition coefficient (Wildman–Crippen LogP) is 12.4. The van der Waals surface area contributed by atoms with Gasteiger partial charge in [0.2, 0.25) is 0 Å². The number of allylic oxidation sites excluding steroid dienone is 2. The Bertz CT molecular complexity index is 919. The minimum absolute atomic E-state index is 0.130. The largest absolute Gasteiger partial charge is 0.513 e. The number of hydrogen-bond acceptors (Lipinski definition) is 10. The van der Waals surface area contributed by atoms with Crippen LogP contribution in [0.15, 0.2) is 24.5 Å². The Morgan fingerprint density at radius 3 is 1.64 bits per heavy atom. The van der Waals surface area contributed by atoms with Crippen LogP contribution >= 0.6 is 0 Å². The van der Waals surface area contributed by atoms with Gasteiger partial charge in [-0.25, -0.2) is 14.4 Å². The van der Waals surface area contributed by atoms with Gasteiger partial charge in [-0.1, -0.05) is 116 Å². The maximum Gasteiger partial charge on any atom is 0.513 e. The molecule has 1 saturated heterocycles. The molecule has 0 aromatic heterocycles. The molecule has 0 aliphatic carbocycles. The van der Waals surface area contributed by atoms with Crippen LogP contribution in [0.5, 0.6) is 0 Å². The van der Waals surface area contributed by atoms with Gasteiger partial charge >= 0.3 is 18.5 Å². The van der Waals surface area contributed by atoms with E-state index in [1.807, 2.05) is 12.2 Å². The zero-order chi connectivity index (χ0) is 38.3. The molecule has 0 radical (unpaired) electrons. The summed E-state index contributed by atoms with van der Waals surface area (Å²) < 4.78 is 31.6. The quantitative estimate of drug-likeness (QED) is 0.0204. The van der Waals surface area contributed by atoms with E-state index in [4.69, 9.17) is 28.4 Å². The summed E-state index contributed by atoms with van der Waals surface area (Å²) in [7, 11) is 0. The van der Waals surface area contributed by atoms with Crippen molar-refractivity contribution in [2.45, 2.75) is 187 Å². The van der Waals surface area contributed by atoms with Crippen molar-refractivity contribution >= 4 is 18.5 Å². The highest BCUT2D eigenvalue weighted by Crippen LogP contribution is 2.18. The number of unbranched alkanes of at least 4 members (excludes halogenated alkanes) is 18. The van der Waals surface area contributed by atoms with Gasteiger partial charge in [-0.15, -0.1) is 0 Å². The summed E-state index contributed by atoms with van der Waals surface area (Å²) >= 11 is 0. The molecule has 0 amide bonds. The fourth-order valence-corrected chi connectivity index (χ4v) is 6.30. The molecule has 10 heteroatoms. The van der Waals surface area contributed by atoms with E-state index in [1.165, 1.54) is 64.0 Å². The minimum atomic E-state index is -0.633. The summed E-state index contributed by atoms with van der Waals surface area (Å²) in [5, 5.41) is 0. The second-order valence-corrected chi connectivity index (χ2v) is 14.4. The van der Waals surface area contributed by atoms with Gasteiger partial charge in [0.15, 0.2) is 0 Å². The molecule has 0 spiro atoms. The SMILES string of the molecule is CCCCCC/C=C\COC(=O)OCCCCCCCCC(CCCCCCCCOC(=O)O/C=C/CCCCCC)OC(=O)OCCN1CCCC1. The molecule has 1 atom stereocenters. The van der Waals surface area contributed by atoms with E-state index in [2.05, 4.69) is 24.8 Å². The van der Waals surface area contributed by atoms with Crippen LogP contribution in [-0.2, 0) is 28.4 Å². The minimum Gasteiger partial charge on any atom is -0.434 e. The molecule has 0 N–H and O–H groups in total. The van der Waals surface area contributed by atoms with Crippen molar-refractivity contribution in [3.8, 4) is 0 Å². The highest BCUT2D eigenvalue weighted by atomic mass is 16.7. The van der Waals surface area contributed by atoms with Crippen LogP contribution in [0.4, 0.5) is 14.4 Å². The predicted molar refractivity (Wildman–Crippen MR) is 212 cm³/mol. The molecule has 0 aromatic carbocycles. The van der Waals surface area contributed by atoms with Crippen LogP contribution in [0.25, 0.3) is 0 Å². The molecule has 10 nitrogen and oxygen atoms in total. The van der Waals surface area contributed by atoms with Crippen molar-refractivity contribution in [3.63, 3.8) is 0 Å². The average molecular weight is 752 g/mol. The molecule has 1 aliphatic rings. The standard InChI is InChI=1S/C43H77NO9/c1-3-5-7-9-13-19-27-36-49-42(46)51-38-29-21-15-12-17-23-31-40(53-43(47)52-39-34-44-32-24-25-33-44)30-22-16-11-14-20-28-37-50-41(45)48-35-26-18-10-8-6-4-2/h19,26-27,35,40H,3-18,20-25,28-34,36-39H2,1-2H3/b27-19-,35-26+. The van der Waals surface area contributed by atoms with Crippen LogP contribution in [-0.4, -0.2) is 75.5 Å². The van der Waals surface area contributed by atoms with E-state index in [0.29, 0.717) is 19.8 Å². The zero-order valence-electron chi connectivity index (χ0n) is 33.8. The van der Waals surface area contributed by atoms with Gasteiger partial charge in [-0.05, 0) is 96.2 Å². The second-order valence-electron chi connectivity index (χ2n) is 14.4. The maximum absolute atomic E-state index is 12.5. The number of ether oxygens (including phenoxy) is 6. The van der Waals surface area contributed by atoms with Crippen molar-refractivity contribution in [2.75, 3.05) is 46.1 Å². The molecular formula is C43H77NO9. The van der Waals surface area contributed by atoms with Gasteiger partial charge in [0.1, 0.15) is 19.3 Å². The van der Waals surface area contributed by atoms with Gasteiger partial charge in [-0.2, -0.15) is 0 Å². The highest BCUT2D eigenvalue weighted by Gasteiger charge is 2.17. The normalized spacial score (nSPS) is 13.8. The Morgan fingerprint density at radius 1 is 0.528 bits per heavy atom. The van der Waals surface area contributed by atoms with E-state index in [9.17, 15) is 14.4 Å². The molecule has 1 aliphatic heterocycles. The van der Waals surface area contributed by atoms with E-state index >= 15 is 0 Å². The number of carbonyl (C=O) groups is 3. The number of likely N-dealkylation sites (tertiary alicyclic amines) is 1. The lowest BCUT2D eigenvalue weighted by Gasteiger charge is -2.19. The third-order valence-corrected chi connectivity index (χ3v) is 9.54. The third-order valence-electron chi connectivity index (χ3n) is 9.54. The molecular weight excluding hydrogens is 674 g/mol. The molecule has 0 bridgehead atoms. The molecule has 1 fully saturated rings. The Kier molecular flexibility index (Phi) is 34.2. The first-order chi connectivity index (χ1) is 26.0. The van der Waals surface area contributed by atoms with Crippen molar-refractivity contribution in [1.29, 1.82) is 0 Å².